The van der Waals surface area contributed by atoms with E-state index in [1.807, 2.05) is 0 Å². The summed E-state index contributed by atoms with van der Waals surface area (Å²) >= 11 is 0. The molecule has 0 fully saturated rings. The fourth-order valence-electron chi connectivity index (χ4n) is 10.0. The molecule has 11 aromatic rings. The van der Waals surface area contributed by atoms with Crippen molar-refractivity contribution in [1.82, 2.24) is 9.13 Å². The molecule has 1 aliphatic rings. The fraction of sp³-hybridized carbons (Fsp3) is 0.0182. The predicted molar refractivity (Wildman–Crippen MR) is 242 cm³/mol. The molecular weight excluding hydrogens is 703 g/mol. The van der Waals surface area contributed by atoms with E-state index in [9.17, 15) is 0 Å². The first kappa shape index (κ1) is 32.6. The first-order valence-corrected chi connectivity index (χ1v) is 20.0. The molecule has 0 amide bonds. The van der Waals surface area contributed by atoms with Crippen LogP contribution in [-0.4, -0.2) is 9.13 Å². The summed E-state index contributed by atoms with van der Waals surface area (Å²) in [4.78, 5) is 2.37. The lowest BCUT2D eigenvalue weighted by Crippen LogP contribution is -2.35. The summed E-state index contributed by atoms with van der Waals surface area (Å²) in [5.41, 5.74) is 14.9. The van der Waals surface area contributed by atoms with Crippen LogP contribution in [0.1, 0.15) is 22.3 Å². The maximum absolute atomic E-state index is 2.54. The van der Waals surface area contributed by atoms with Crippen LogP contribution in [0.3, 0.4) is 0 Å². The minimum atomic E-state index is -0.612. The van der Waals surface area contributed by atoms with Crippen molar-refractivity contribution in [3.05, 3.63) is 247 Å². The molecule has 2 aromatic heterocycles. The van der Waals surface area contributed by atoms with Crippen molar-refractivity contribution in [2.24, 2.45) is 0 Å². The molecule has 12 rings (SSSR count). The van der Waals surface area contributed by atoms with Crippen molar-refractivity contribution in [1.29, 1.82) is 0 Å². The van der Waals surface area contributed by atoms with Gasteiger partial charge in [0.1, 0.15) is 0 Å². The largest absolute Gasteiger partial charge is 0.310 e. The molecule has 0 aliphatic carbocycles. The van der Waals surface area contributed by atoms with Gasteiger partial charge < -0.3 is 14.0 Å². The first-order valence-electron chi connectivity index (χ1n) is 20.0. The van der Waals surface area contributed by atoms with Crippen molar-refractivity contribution in [2.75, 3.05) is 4.90 Å². The van der Waals surface area contributed by atoms with Crippen molar-refractivity contribution < 1.29 is 0 Å². The summed E-state index contributed by atoms with van der Waals surface area (Å²) in [6.45, 7) is 0. The number of hydrogen-bond acceptors (Lipinski definition) is 1. The van der Waals surface area contributed by atoms with E-state index in [1.54, 1.807) is 0 Å². The lowest BCUT2D eigenvalue weighted by atomic mass is 9.63. The Balaban J connectivity index is 1.28. The molecule has 0 unspecified atom stereocenters. The third-order valence-corrected chi connectivity index (χ3v) is 12.3. The molecule has 3 nitrogen and oxygen atoms in total. The lowest BCUT2D eigenvalue weighted by Gasteiger charge is -2.42. The summed E-state index contributed by atoms with van der Waals surface area (Å²) in [7, 11) is 0. The number of nitrogens with zero attached hydrogens (tertiary/aromatic N) is 3. The van der Waals surface area contributed by atoms with E-state index < -0.39 is 5.41 Å². The molecule has 1 aliphatic heterocycles. The number of benzene rings is 9. The molecule has 3 heteroatoms. The predicted octanol–water partition coefficient (Wildman–Crippen LogP) is 14.0. The quantitative estimate of drug-likeness (QED) is 0.165. The van der Waals surface area contributed by atoms with E-state index >= 15 is 0 Å². The van der Waals surface area contributed by atoms with Crippen LogP contribution in [0.5, 0.6) is 0 Å². The molecule has 0 atom stereocenters. The van der Waals surface area contributed by atoms with E-state index in [-0.39, 0.29) is 0 Å². The average Bonchev–Trinajstić information content (AvgIpc) is 3.81. The van der Waals surface area contributed by atoms with Gasteiger partial charge in [0, 0.05) is 44.3 Å². The van der Waals surface area contributed by atoms with Crippen molar-refractivity contribution in [3.63, 3.8) is 0 Å². The van der Waals surface area contributed by atoms with E-state index in [1.165, 1.54) is 71.6 Å². The molecule has 0 radical (unpaired) electrons. The third-order valence-electron chi connectivity index (χ3n) is 12.3. The summed E-state index contributed by atoms with van der Waals surface area (Å²) < 4.78 is 5.02. The second-order valence-electron chi connectivity index (χ2n) is 15.3. The Morgan fingerprint density at radius 2 is 0.828 bits per heavy atom. The highest BCUT2D eigenvalue weighted by Crippen LogP contribution is 2.55. The zero-order valence-electron chi connectivity index (χ0n) is 31.7. The molecule has 0 saturated carbocycles. The molecule has 272 valence electrons. The van der Waals surface area contributed by atoms with Crippen LogP contribution in [-0.2, 0) is 5.41 Å². The van der Waals surface area contributed by atoms with E-state index in [4.69, 9.17) is 0 Å². The Kier molecular flexibility index (Phi) is 7.14. The van der Waals surface area contributed by atoms with Gasteiger partial charge in [0.25, 0.3) is 0 Å². The summed E-state index contributed by atoms with van der Waals surface area (Å²) in [6.07, 6.45) is 0. The van der Waals surface area contributed by atoms with Crippen LogP contribution in [0.2, 0.25) is 0 Å². The van der Waals surface area contributed by atoms with Gasteiger partial charge in [-0.3, -0.25) is 0 Å². The molecule has 0 saturated heterocycles. The van der Waals surface area contributed by atoms with Crippen LogP contribution in [0.15, 0.2) is 224 Å². The Bertz CT molecular complexity index is 3190. The number of fused-ring (bicyclic) bond motifs is 8. The smallest absolute Gasteiger partial charge is 0.0743 e. The topological polar surface area (TPSA) is 13.1 Å². The van der Waals surface area contributed by atoms with Crippen LogP contribution < -0.4 is 4.90 Å². The van der Waals surface area contributed by atoms with Gasteiger partial charge in [0.15, 0.2) is 0 Å². The maximum Gasteiger partial charge on any atom is 0.0743 e. The Hall–Kier alpha value is -7.62. The Labute approximate surface area is 336 Å². The standard InChI is InChI=1S/C55H37N3/c1-5-19-38(20-6-1)55(39-21-7-2-8-22-39)48-29-15-18-32-53(48)58-52-34-33-42(56(40-23-9-3-10-24-40)41-25-11-4-12-26-41)35-46(52)47-36-43(37-49(55)54(47)58)57-50-30-16-13-27-44(50)45-28-14-17-31-51(45)57/h1-37H. The molecule has 58 heavy (non-hydrogen) atoms. The number of anilines is 3. The lowest BCUT2D eigenvalue weighted by molar-refractivity contribution is 0.727. The fourth-order valence-corrected chi connectivity index (χ4v) is 10.0. The first-order chi connectivity index (χ1) is 28.8. The van der Waals surface area contributed by atoms with Crippen molar-refractivity contribution >= 4 is 60.7 Å². The minimum Gasteiger partial charge on any atom is -0.310 e. The van der Waals surface area contributed by atoms with Crippen LogP contribution in [0.4, 0.5) is 17.1 Å². The molecular formula is C55H37N3. The summed E-state index contributed by atoms with van der Waals surface area (Å²) in [5, 5.41) is 4.93. The average molecular weight is 740 g/mol. The molecule has 0 N–H and O–H groups in total. The van der Waals surface area contributed by atoms with Gasteiger partial charge in [-0.05, 0) is 95.1 Å². The van der Waals surface area contributed by atoms with Gasteiger partial charge in [-0.15, -0.1) is 0 Å². The number of aromatic nitrogens is 2. The maximum atomic E-state index is 2.54. The second kappa shape index (κ2) is 12.7. The van der Waals surface area contributed by atoms with Crippen LogP contribution in [0, 0.1) is 0 Å². The van der Waals surface area contributed by atoms with E-state index in [0.29, 0.717) is 0 Å². The highest BCUT2D eigenvalue weighted by atomic mass is 15.1. The van der Waals surface area contributed by atoms with Gasteiger partial charge >= 0.3 is 0 Å². The van der Waals surface area contributed by atoms with Gasteiger partial charge in [-0.25, -0.2) is 0 Å². The zero-order valence-corrected chi connectivity index (χ0v) is 31.7. The van der Waals surface area contributed by atoms with Crippen molar-refractivity contribution in [2.45, 2.75) is 5.41 Å². The number of para-hydroxylation sites is 5. The Morgan fingerprint density at radius 1 is 0.328 bits per heavy atom. The molecule has 0 bridgehead atoms. The Morgan fingerprint density at radius 3 is 1.43 bits per heavy atom. The molecule has 0 spiro atoms. The van der Waals surface area contributed by atoms with Crippen LogP contribution >= 0.6 is 0 Å². The van der Waals surface area contributed by atoms with Gasteiger partial charge in [-0.2, -0.15) is 0 Å². The number of hydrogen-bond donors (Lipinski definition) is 0. The second-order valence-corrected chi connectivity index (χ2v) is 15.3. The van der Waals surface area contributed by atoms with E-state index in [0.717, 1.165) is 22.7 Å². The van der Waals surface area contributed by atoms with Gasteiger partial charge in [-0.1, -0.05) is 152 Å². The monoisotopic (exact) mass is 739 g/mol. The van der Waals surface area contributed by atoms with Gasteiger partial charge in [0.2, 0.25) is 0 Å². The minimum absolute atomic E-state index is 0.612. The number of rotatable bonds is 6. The highest BCUT2D eigenvalue weighted by molar-refractivity contribution is 6.15. The summed E-state index contributed by atoms with van der Waals surface area (Å²) in [6, 6.07) is 82.4. The van der Waals surface area contributed by atoms with E-state index in [2.05, 4.69) is 238 Å². The molecule has 9 aromatic carbocycles. The van der Waals surface area contributed by atoms with Crippen molar-refractivity contribution in [3.8, 4) is 11.4 Å². The molecule has 3 heterocycles. The highest BCUT2D eigenvalue weighted by Gasteiger charge is 2.45. The van der Waals surface area contributed by atoms with Gasteiger partial charge in [0.05, 0.1) is 33.2 Å². The normalized spacial score (nSPS) is 13.0. The SMILES string of the molecule is c1ccc(N(c2ccccc2)c2ccc3c(c2)c2cc(-n4c5ccccc5c5ccccc54)cc4c2n3-c2ccccc2C4(c2ccccc2)c2ccccc2)cc1. The zero-order chi connectivity index (χ0) is 38.2. The summed E-state index contributed by atoms with van der Waals surface area (Å²) in [5.74, 6) is 0. The van der Waals surface area contributed by atoms with Crippen LogP contribution in [0.25, 0.3) is 55.0 Å². The third kappa shape index (κ3) is 4.56.